The number of rotatable bonds is 4. The molecule has 20 heavy (non-hydrogen) atoms. The van der Waals surface area contributed by atoms with Gasteiger partial charge in [-0.25, -0.2) is 4.79 Å². The Labute approximate surface area is 116 Å². The van der Waals surface area contributed by atoms with Gasteiger partial charge in [0.15, 0.2) is 0 Å². The van der Waals surface area contributed by atoms with E-state index in [0.717, 1.165) is 23.1 Å². The van der Waals surface area contributed by atoms with Crippen LogP contribution < -0.4 is 11.0 Å². The highest BCUT2D eigenvalue weighted by molar-refractivity contribution is 5.75. The van der Waals surface area contributed by atoms with Gasteiger partial charge in [0.1, 0.15) is 0 Å². The van der Waals surface area contributed by atoms with Gasteiger partial charge >= 0.3 is 5.69 Å². The van der Waals surface area contributed by atoms with Crippen molar-refractivity contribution in [1.82, 2.24) is 15.3 Å². The van der Waals surface area contributed by atoms with E-state index in [1.165, 1.54) is 0 Å². The Kier molecular flexibility index (Phi) is 3.86. The molecule has 2 heterocycles. The first-order chi connectivity index (χ1) is 9.72. The predicted molar refractivity (Wildman–Crippen MR) is 75.9 cm³/mol. The molecule has 1 aromatic heterocycles. The third kappa shape index (κ3) is 2.92. The van der Waals surface area contributed by atoms with Gasteiger partial charge in [-0.2, -0.15) is 0 Å². The van der Waals surface area contributed by atoms with Crippen LogP contribution in [0.2, 0.25) is 0 Å². The molecule has 0 spiro atoms. The van der Waals surface area contributed by atoms with Crippen LogP contribution in [0.25, 0.3) is 11.0 Å². The summed E-state index contributed by atoms with van der Waals surface area (Å²) < 4.78 is 11.0. The van der Waals surface area contributed by atoms with Crippen molar-refractivity contribution in [3.8, 4) is 0 Å². The summed E-state index contributed by atoms with van der Waals surface area (Å²) in [5, 5.41) is 3.43. The Morgan fingerprint density at radius 1 is 1.35 bits per heavy atom. The summed E-state index contributed by atoms with van der Waals surface area (Å²) in [6, 6.07) is 6.11. The molecule has 0 amide bonds. The fraction of sp³-hybridized carbons (Fsp3) is 0.500. The molecule has 2 unspecified atom stereocenters. The summed E-state index contributed by atoms with van der Waals surface area (Å²) in [6.07, 6.45) is 0.113. The van der Waals surface area contributed by atoms with Crippen LogP contribution in [0, 0.1) is 0 Å². The van der Waals surface area contributed by atoms with Crippen LogP contribution in [0.1, 0.15) is 18.5 Å². The van der Waals surface area contributed by atoms with E-state index in [1.807, 2.05) is 18.2 Å². The van der Waals surface area contributed by atoms with Crippen molar-refractivity contribution < 1.29 is 9.47 Å². The van der Waals surface area contributed by atoms with Gasteiger partial charge in [-0.1, -0.05) is 6.07 Å². The van der Waals surface area contributed by atoms with Crippen LogP contribution in [0.4, 0.5) is 0 Å². The van der Waals surface area contributed by atoms with E-state index in [4.69, 9.17) is 9.47 Å². The number of aromatic amines is 2. The molecule has 3 rings (SSSR count). The van der Waals surface area contributed by atoms with Gasteiger partial charge in [0.25, 0.3) is 0 Å². The SMILES string of the molecule is CC(NCC1COCCO1)c1ccc2[nH]c(=O)[nH]c2c1. The number of fused-ring (bicyclic) bond motifs is 1. The topological polar surface area (TPSA) is 79.1 Å². The molecule has 6 heteroatoms. The number of benzene rings is 1. The Bertz CT molecular complexity index is 628. The van der Waals surface area contributed by atoms with Crippen LogP contribution in [0.5, 0.6) is 0 Å². The van der Waals surface area contributed by atoms with Gasteiger partial charge in [0, 0.05) is 12.6 Å². The molecule has 0 saturated carbocycles. The fourth-order valence-corrected chi connectivity index (χ4v) is 2.40. The van der Waals surface area contributed by atoms with Crippen molar-refractivity contribution in [1.29, 1.82) is 0 Å². The molecular weight excluding hydrogens is 258 g/mol. The molecule has 0 aliphatic carbocycles. The number of H-pyrrole nitrogens is 2. The van der Waals surface area contributed by atoms with Gasteiger partial charge in [-0.05, 0) is 24.6 Å². The number of aromatic nitrogens is 2. The van der Waals surface area contributed by atoms with Crippen LogP contribution in [-0.4, -0.2) is 42.4 Å². The standard InChI is InChI=1S/C14H19N3O3/c1-9(15-7-11-8-19-4-5-20-11)10-2-3-12-13(6-10)17-14(18)16-12/h2-3,6,9,11,15H,4-5,7-8H2,1H3,(H2,16,17,18). The van der Waals surface area contributed by atoms with Crippen molar-refractivity contribution in [2.45, 2.75) is 19.1 Å². The van der Waals surface area contributed by atoms with Gasteiger partial charge < -0.3 is 24.8 Å². The van der Waals surface area contributed by atoms with E-state index in [0.29, 0.717) is 19.8 Å². The molecule has 6 nitrogen and oxygen atoms in total. The largest absolute Gasteiger partial charge is 0.376 e. The normalized spacial score (nSPS) is 21.1. The maximum absolute atomic E-state index is 11.2. The van der Waals surface area contributed by atoms with Gasteiger partial charge in [-0.3, -0.25) is 0 Å². The quantitative estimate of drug-likeness (QED) is 0.776. The summed E-state index contributed by atoms with van der Waals surface area (Å²) in [7, 11) is 0. The fourth-order valence-electron chi connectivity index (χ4n) is 2.40. The molecule has 1 aliphatic rings. The van der Waals surface area contributed by atoms with Crippen LogP contribution in [0.15, 0.2) is 23.0 Å². The first-order valence-corrected chi connectivity index (χ1v) is 6.87. The lowest BCUT2D eigenvalue weighted by atomic mass is 10.1. The lowest BCUT2D eigenvalue weighted by Gasteiger charge is -2.25. The number of hydrogen-bond donors (Lipinski definition) is 3. The summed E-state index contributed by atoms with van der Waals surface area (Å²) >= 11 is 0. The van der Waals surface area contributed by atoms with Crippen molar-refractivity contribution >= 4 is 11.0 Å². The maximum atomic E-state index is 11.2. The smallest absolute Gasteiger partial charge is 0.323 e. The zero-order valence-electron chi connectivity index (χ0n) is 11.4. The van der Waals surface area contributed by atoms with Crippen molar-refractivity contribution in [2.24, 2.45) is 0 Å². The molecule has 1 fully saturated rings. The number of ether oxygens (including phenoxy) is 2. The van der Waals surface area contributed by atoms with Crippen molar-refractivity contribution in [3.05, 3.63) is 34.2 Å². The second-order valence-corrected chi connectivity index (χ2v) is 5.08. The molecule has 1 aliphatic heterocycles. The molecule has 2 aromatic rings. The zero-order chi connectivity index (χ0) is 13.9. The molecule has 2 atom stereocenters. The molecule has 108 valence electrons. The van der Waals surface area contributed by atoms with Gasteiger partial charge in [0.05, 0.1) is 37.0 Å². The lowest BCUT2D eigenvalue weighted by molar-refractivity contribution is -0.0869. The average Bonchev–Trinajstić information content (AvgIpc) is 2.85. The molecule has 3 N–H and O–H groups in total. The summed E-state index contributed by atoms with van der Waals surface area (Å²) in [6.45, 7) is 4.84. The van der Waals surface area contributed by atoms with Crippen LogP contribution in [0.3, 0.4) is 0 Å². The first kappa shape index (κ1) is 13.4. The number of hydrogen-bond acceptors (Lipinski definition) is 4. The Morgan fingerprint density at radius 3 is 3.00 bits per heavy atom. The Hall–Kier alpha value is -1.63. The summed E-state index contributed by atoms with van der Waals surface area (Å²) in [4.78, 5) is 16.8. The average molecular weight is 277 g/mol. The lowest BCUT2D eigenvalue weighted by Crippen LogP contribution is -2.38. The molecule has 0 bridgehead atoms. The predicted octanol–water partition coefficient (Wildman–Crippen LogP) is 0.922. The second-order valence-electron chi connectivity index (χ2n) is 5.08. The zero-order valence-corrected chi connectivity index (χ0v) is 11.4. The third-order valence-electron chi connectivity index (χ3n) is 3.58. The molecule has 0 radical (unpaired) electrons. The number of imidazole rings is 1. The van der Waals surface area contributed by atoms with Crippen LogP contribution >= 0.6 is 0 Å². The van der Waals surface area contributed by atoms with Gasteiger partial charge in [-0.15, -0.1) is 0 Å². The van der Waals surface area contributed by atoms with E-state index >= 15 is 0 Å². The highest BCUT2D eigenvalue weighted by Gasteiger charge is 2.15. The van der Waals surface area contributed by atoms with E-state index in [9.17, 15) is 4.79 Å². The van der Waals surface area contributed by atoms with E-state index in [-0.39, 0.29) is 17.8 Å². The van der Waals surface area contributed by atoms with Crippen molar-refractivity contribution in [2.75, 3.05) is 26.4 Å². The van der Waals surface area contributed by atoms with Gasteiger partial charge in [0.2, 0.25) is 0 Å². The Balaban J connectivity index is 1.65. The van der Waals surface area contributed by atoms with E-state index < -0.39 is 0 Å². The third-order valence-corrected chi connectivity index (χ3v) is 3.58. The molecular formula is C14H19N3O3. The number of nitrogens with one attached hydrogen (secondary N) is 3. The summed E-state index contributed by atoms with van der Waals surface area (Å²) in [5.74, 6) is 0. The first-order valence-electron chi connectivity index (χ1n) is 6.87. The minimum atomic E-state index is -0.175. The highest BCUT2D eigenvalue weighted by atomic mass is 16.6. The summed E-state index contributed by atoms with van der Waals surface area (Å²) in [5.41, 5.74) is 2.61. The van der Waals surface area contributed by atoms with Crippen molar-refractivity contribution in [3.63, 3.8) is 0 Å². The van der Waals surface area contributed by atoms with E-state index in [2.05, 4.69) is 22.2 Å². The highest BCUT2D eigenvalue weighted by Crippen LogP contribution is 2.17. The van der Waals surface area contributed by atoms with E-state index in [1.54, 1.807) is 0 Å². The molecule has 1 aromatic carbocycles. The minimum absolute atomic E-state index is 0.113. The Morgan fingerprint density at radius 2 is 2.20 bits per heavy atom. The van der Waals surface area contributed by atoms with Crippen LogP contribution in [-0.2, 0) is 9.47 Å². The minimum Gasteiger partial charge on any atom is -0.376 e. The second kappa shape index (κ2) is 5.78. The monoisotopic (exact) mass is 277 g/mol. The maximum Gasteiger partial charge on any atom is 0.323 e. The molecule has 1 saturated heterocycles.